The van der Waals surface area contributed by atoms with Crippen LogP contribution in [0, 0.1) is 0 Å². The molecule has 0 heterocycles. The number of carboxylic acids is 2. The Bertz CT molecular complexity index is 143. The molecular formula is C9H16O4. The van der Waals surface area contributed by atoms with Crippen molar-refractivity contribution in [3.8, 4) is 0 Å². The van der Waals surface area contributed by atoms with E-state index in [2.05, 4.69) is 0 Å². The highest BCUT2D eigenvalue weighted by Crippen LogP contribution is 2.15. The highest BCUT2D eigenvalue weighted by atomic mass is 16.4. The van der Waals surface area contributed by atoms with Crippen LogP contribution in [0.5, 0.6) is 0 Å². The van der Waals surface area contributed by atoms with Gasteiger partial charge in [-0.2, -0.15) is 0 Å². The molecule has 0 atom stereocenters. The van der Waals surface area contributed by atoms with E-state index in [1.807, 2.05) is 0 Å². The third-order valence-electron chi connectivity index (χ3n) is 1.78. The van der Waals surface area contributed by atoms with Gasteiger partial charge in [0.15, 0.2) is 0 Å². The molecule has 4 nitrogen and oxygen atoms in total. The van der Waals surface area contributed by atoms with Gasteiger partial charge in [-0.1, -0.05) is 25.7 Å². The monoisotopic (exact) mass is 188 g/mol. The first kappa shape index (κ1) is 11.9. The van der Waals surface area contributed by atoms with Gasteiger partial charge in [0, 0.05) is 12.8 Å². The molecule has 1 aliphatic carbocycles. The molecule has 0 aromatic rings. The number of hydrogen-bond acceptors (Lipinski definition) is 2. The molecule has 76 valence electrons. The Morgan fingerprint density at radius 1 is 0.846 bits per heavy atom. The van der Waals surface area contributed by atoms with Gasteiger partial charge in [-0.3, -0.25) is 9.59 Å². The van der Waals surface area contributed by atoms with Crippen molar-refractivity contribution in [2.24, 2.45) is 0 Å². The van der Waals surface area contributed by atoms with Gasteiger partial charge in [-0.15, -0.1) is 0 Å². The summed E-state index contributed by atoms with van der Waals surface area (Å²) in [6, 6.07) is 0. The van der Waals surface area contributed by atoms with Crippen LogP contribution in [0.3, 0.4) is 0 Å². The van der Waals surface area contributed by atoms with Crippen molar-refractivity contribution in [3.05, 3.63) is 0 Å². The standard InChI is InChI=1S/C5H8O4.C4H8/c6-4(7)2-1-3-5(8)9;1-2-4-3-1/h1-3H2,(H,6,7)(H,8,9);1-4H2. The predicted molar refractivity (Wildman–Crippen MR) is 47.6 cm³/mol. The Balaban J connectivity index is 0.000000293. The summed E-state index contributed by atoms with van der Waals surface area (Å²) in [6.07, 6.45) is 6.09. The molecule has 0 aromatic heterocycles. The van der Waals surface area contributed by atoms with Crippen LogP contribution in [0.4, 0.5) is 0 Å². The SMILES string of the molecule is C1CCC1.O=C(O)CCCC(=O)O. The molecule has 0 amide bonds. The van der Waals surface area contributed by atoms with Crippen LogP contribution in [-0.2, 0) is 9.59 Å². The normalized spacial score (nSPS) is 13.5. The molecule has 1 saturated carbocycles. The summed E-state index contributed by atoms with van der Waals surface area (Å²) in [5.41, 5.74) is 0. The summed E-state index contributed by atoms with van der Waals surface area (Å²) in [7, 11) is 0. The van der Waals surface area contributed by atoms with Crippen molar-refractivity contribution in [2.45, 2.75) is 44.9 Å². The Morgan fingerprint density at radius 2 is 1.15 bits per heavy atom. The van der Waals surface area contributed by atoms with Crippen LogP contribution in [-0.4, -0.2) is 22.2 Å². The van der Waals surface area contributed by atoms with Gasteiger partial charge < -0.3 is 10.2 Å². The van der Waals surface area contributed by atoms with E-state index in [9.17, 15) is 9.59 Å². The summed E-state index contributed by atoms with van der Waals surface area (Å²) in [5, 5.41) is 16.1. The van der Waals surface area contributed by atoms with Crippen LogP contribution < -0.4 is 0 Å². The van der Waals surface area contributed by atoms with Crippen LogP contribution in [0.15, 0.2) is 0 Å². The molecule has 13 heavy (non-hydrogen) atoms. The lowest BCUT2D eigenvalue weighted by molar-refractivity contribution is -0.138. The van der Waals surface area contributed by atoms with Gasteiger partial charge in [0.2, 0.25) is 0 Å². The van der Waals surface area contributed by atoms with E-state index in [0.717, 1.165) is 0 Å². The third kappa shape index (κ3) is 10.9. The van der Waals surface area contributed by atoms with E-state index in [0.29, 0.717) is 0 Å². The fourth-order valence-corrected chi connectivity index (χ4v) is 0.641. The van der Waals surface area contributed by atoms with Crippen molar-refractivity contribution in [2.75, 3.05) is 0 Å². The Morgan fingerprint density at radius 3 is 1.31 bits per heavy atom. The topological polar surface area (TPSA) is 74.6 Å². The molecule has 1 fully saturated rings. The third-order valence-corrected chi connectivity index (χ3v) is 1.78. The number of aliphatic carboxylic acids is 2. The van der Waals surface area contributed by atoms with Gasteiger partial charge in [0.05, 0.1) is 0 Å². The van der Waals surface area contributed by atoms with Crippen molar-refractivity contribution < 1.29 is 19.8 Å². The van der Waals surface area contributed by atoms with Gasteiger partial charge in [-0.05, 0) is 6.42 Å². The fourth-order valence-electron chi connectivity index (χ4n) is 0.641. The summed E-state index contributed by atoms with van der Waals surface area (Å²) in [6.45, 7) is 0. The molecule has 0 aliphatic heterocycles. The maximum Gasteiger partial charge on any atom is 0.303 e. The van der Waals surface area contributed by atoms with Crippen molar-refractivity contribution in [3.63, 3.8) is 0 Å². The van der Waals surface area contributed by atoms with E-state index >= 15 is 0 Å². The van der Waals surface area contributed by atoms with E-state index in [4.69, 9.17) is 10.2 Å². The zero-order valence-electron chi connectivity index (χ0n) is 7.66. The Kier molecular flexibility index (Phi) is 6.96. The summed E-state index contributed by atoms with van der Waals surface area (Å²) >= 11 is 0. The zero-order valence-corrected chi connectivity index (χ0v) is 7.66. The molecule has 0 saturated heterocycles. The maximum absolute atomic E-state index is 9.79. The van der Waals surface area contributed by atoms with E-state index in [1.165, 1.54) is 25.7 Å². The largest absolute Gasteiger partial charge is 0.481 e. The first-order chi connectivity index (χ1) is 6.13. The highest BCUT2D eigenvalue weighted by molar-refractivity contribution is 5.69. The van der Waals surface area contributed by atoms with Crippen molar-refractivity contribution in [1.82, 2.24) is 0 Å². The molecular weight excluding hydrogens is 172 g/mol. The number of rotatable bonds is 4. The summed E-state index contributed by atoms with van der Waals surface area (Å²) < 4.78 is 0. The highest BCUT2D eigenvalue weighted by Gasteiger charge is 1.99. The quantitative estimate of drug-likeness (QED) is 0.706. The van der Waals surface area contributed by atoms with Gasteiger partial charge >= 0.3 is 11.9 Å². The van der Waals surface area contributed by atoms with Crippen LogP contribution >= 0.6 is 0 Å². The Labute approximate surface area is 77.6 Å². The second-order valence-corrected chi connectivity index (χ2v) is 3.06. The second kappa shape index (κ2) is 7.58. The number of carbonyl (C=O) groups is 2. The van der Waals surface area contributed by atoms with Gasteiger partial charge in [0.1, 0.15) is 0 Å². The average molecular weight is 188 g/mol. The molecule has 4 heteroatoms. The van der Waals surface area contributed by atoms with E-state index in [-0.39, 0.29) is 19.3 Å². The smallest absolute Gasteiger partial charge is 0.303 e. The predicted octanol–water partition coefficient (Wildman–Crippen LogP) is 1.89. The molecule has 0 spiro atoms. The number of carboxylic acid groups (broad SMARTS) is 2. The zero-order chi connectivity index (χ0) is 10.1. The molecule has 0 bridgehead atoms. The molecule has 0 radical (unpaired) electrons. The van der Waals surface area contributed by atoms with Crippen LogP contribution in [0.2, 0.25) is 0 Å². The van der Waals surface area contributed by atoms with Crippen molar-refractivity contribution in [1.29, 1.82) is 0 Å². The molecule has 0 unspecified atom stereocenters. The van der Waals surface area contributed by atoms with Crippen LogP contribution in [0.1, 0.15) is 44.9 Å². The minimum atomic E-state index is -0.948. The lowest BCUT2D eigenvalue weighted by Crippen LogP contribution is -1.98. The first-order valence-corrected chi connectivity index (χ1v) is 4.56. The van der Waals surface area contributed by atoms with E-state index < -0.39 is 11.9 Å². The Hall–Kier alpha value is -1.06. The van der Waals surface area contributed by atoms with Gasteiger partial charge in [0.25, 0.3) is 0 Å². The lowest BCUT2D eigenvalue weighted by atomic mass is 10.0. The first-order valence-electron chi connectivity index (χ1n) is 4.56. The average Bonchev–Trinajstić information content (AvgIpc) is 1.80. The van der Waals surface area contributed by atoms with Crippen molar-refractivity contribution >= 4 is 11.9 Å². The molecule has 1 aliphatic rings. The maximum atomic E-state index is 9.79. The minimum absolute atomic E-state index is 0.0632. The lowest BCUT2D eigenvalue weighted by Gasteiger charge is -2.05. The number of hydrogen-bond donors (Lipinski definition) is 2. The van der Waals surface area contributed by atoms with E-state index in [1.54, 1.807) is 0 Å². The fraction of sp³-hybridized carbons (Fsp3) is 0.778. The van der Waals surface area contributed by atoms with Gasteiger partial charge in [-0.25, -0.2) is 0 Å². The summed E-state index contributed by atoms with van der Waals surface area (Å²) in [5.74, 6) is -1.90. The second-order valence-electron chi connectivity index (χ2n) is 3.06. The van der Waals surface area contributed by atoms with Crippen LogP contribution in [0.25, 0.3) is 0 Å². The molecule has 1 rings (SSSR count). The molecule has 2 N–H and O–H groups in total. The minimum Gasteiger partial charge on any atom is -0.481 e. The summed E-state index contributed by atoms with van der Waals surface area (Å²) in [4.78, 5) is 19.6. The molecule has 0 aromatic carbocycles.